The molecule has 0 saturated carbocycles. The summed E-state index contributed by atoms with van der Waals surface area (Å²) in [6.07, 6.45) is 3.84. The summed E-state index contributed by atoms with van der Waals surface area (Å²) in [4.78, 5) is 22.2. The van der Waals surface area contributed by atoms with Crippen molar-refractivity contribution in [3.05, 3.63) is 72.1 Å². The molecule has 0 radical (unpaired) electrons. The standard InChI is InChI=1S/C25H26N8O/c1-16(2)33-15-27-32-24(33)20-9-4-10-21(29-20)31-25(34)18-6-3-8-19(14-18)28-22-12-11-17-7-5-13-26-23(17)30-22/h3-4,6,8-12,14-16H,5,7,13H2,1-2H3,(H2,26,28,30)(H,29,31,34). The van der Waals surface area contributed by atoms with E-state index >= 15 is 0 Å². The number of amides is 1. The Labute approximate surface area is 197 Å². The molecule has 4 heterocycles. The van der Waals surface area contributed by atoms with Crippen LogP contribution in [0.15, 0.2) is 60.9 Å². The molecule has 0 unspecified atom stereocenters. The normalized spacial score (nSPS) is 12.7. The predicted molar refractivity (Wildman–Crippen MR) is 132 cm³/mol. The maximum Gasteiger partial charge on any atom is 0.256 e. The summed E-state index contributed by atoms with van der Waals surface area (Å²) in [5.74, 6) is 2.50. The third-order valence-electron chi connectivity index (χ3n) is 5.64. The fraction of sp³-hybridized carbons (Fsp3) is 0.240. The van der Waals surface area contributed by atoms with Crippen molar-refractivity contribution < 1.29 is 4.79 Å². The van der Waals surface area contributed by atoms with Crippen LogP contribution in [0.5, 0.6) is 0 Å². The van der Waals surface area contributed by atoms with Gasteiger partial charge in [0.1, 0.15) is 29.5 Å². The average Bonchev–Trinajstić information content (AvgIpc) is 3.35. The molecule has 1 aliphatic rings. The number of hydrogen-bond acceptors (Lipinski definition) is 7. The van der Waals surface area contributed by atoms with Crippen molar-refractivity contribution in [1.82, 2.24) is 24.7 Å². The third kappa shape index (κ3) is 4.59. The van der Waals surface area contributed by atoms with E-state index in [4.69, 9.17) is 0 Å². The van der Waals surface area contributed by atoms with Gasteiger partial charge in [0.2, 0.25) is 0 Å². The molecule has 5 rings (SSSR count). The lowest BCUT2D eigenvalue weighted by Gasteiger charge is -2.18. The van der Waals surface area contributed by atoms with Gasteiger partial charge >= 0.3 is 0 Å². The number of pyridine rings is 2. The molecule has 1 amide bonds. The van der Waals surface area contributed by atoms with E-state index in [1.54, 1.807) is 24.5 Å². The zero-order chi connectivity index (χ0) is 23.5. The Kier molecular flexibility index (Phi) is 5.90. The summed E-state index contributed by atoms with van der Waals surface area (Å²) in [5.41, 5.74) is 3.17. The summed E-state index contributed by atoms with van der Waals surface area (Å²) >= 11 is 0. The average molecular weight is 455 g/mol. The van der Waals surface area contributed by atoms with Crippen molar-refractivity contribution in [1.29, 1.82) is 0 Å². The number of carbonyl (C=O) groups excluding carboxylic acids is 1. The highest BCUT2D eigenvalue weighted by molar-refractivity contribution is 6.04. The van der Waals surface area contributed by atoms with Crippen LogP contribution in [0.1, 0.15) is 42.2 Å². The first-order valence-corrected chi connectivity index (χ1v) is 11.4. The van der Waals surface area contributed by atoms with Gasteiger partial charge in [-0.2, -0.15) is 0 Å². The molecule has 0 saturated heterocycles. The van der Waals surface area contributed by atoms with Crippen LogP contribution in [0.2, 0.25) is 0 Å². The number of hydrogen-bond donors (Lipinski definition) is 3. The SMILES string of the molecule is CC(C)n1cnnc1-c1cccc(NC(=O)c2cccc(Nc3ccc4c(n3)NCCC4)c2)n1. The molecule has 0 spiro atoms. The lowest BCUT2D eigenvalue weighted by Crippen LogP contribution is -2.14. The Morgan fingerprint density at radius 1 is 1.06 bits per heavy atom. The number of carbonyl (C=O) groups is 1. The maximum absolute atomic E-state index is 12.9. The highest BCUT2D eigenvalue weighted by atomic mass is 16.1. The molecule has 9 nitrogen and oxygen atoms in total. The van der Waals surface area contributed by atoms with Gasteiger partial charge in [-0.25, -0.2) is 9.97 Å². The van der Waals surface area contributed by atoms with Crippen LogP contribution in [-0.2, 0) is 6.42 Å². The fourth-order valence-electron chi connectivity index (χ4n) is 3.91. The van der Waals surface area contributed by atoms with Gasteiger partial charge in [0.05, 0.1) is 0 Å². The van der Waals surface area contributed by atoms with Gasteiger partial charge < -0.3 is 20.5 Å². The second kappa shape index (κ2) is 9.30. The van der Waals surface area contributed by atoms with Crippen molar-refractivity contribution in [2.75, 3.05) is 22.5 Å². The quantitative estimate of drug-likeness (QED) is 0.388. The fourth-order valence-corrected chi connectivity index (χ4v) is 3.91. The van der Waals surface area contributed by atoms with Gasteiger partial charge in [0.15, 0.2) is 5.82 Å². The lowest BCUT2D eigenvalue weighted by molar-refractivity contribution is 0.102. The minimum Gasteiger partial charge on any atom is -0.370 e. The predicted octanol–water partition coefficient (Wildman–Crippen LogP) is 4.67. The van der Waals surface area contributed by atoms with Gasteiger partial charge in [0.25, 0.3) is 5.91 Å². The van der Waals surface area contributed by atoms with Crippen LogP contribution >= 0.6 is 0 Å². The van der Waals surface area contributed by atoms with Gasteiger partial charge in [-0.15, -0.1) is 10.2 Å². The minimum atomic E-state index is -0.251. The Morgan fingerprint density at radius 2 is 1.94 bits per heavy atom. The van der Waals surface area contributed by atoms with Crippen molar-refractivity contribution in [3.8, 4) is 11.5 Å². The number of anilines is 4. The number of nitrogens with one attached hydrogen (secondary N) is 3. The van der Waals surface area contributed by atoms with E-state index in [9.17, 15) is 4.79 Å². The molecule has 1 aromatic carbocycles. The van der Waals surface area contributed by atoms with Crippen molar-refractivity contribution in [2.24, 2.45) is 0 Å². The summed E-state index contributed by atoms with van der Waals surface area (Å²) < 4.78 is 1.94. The number of fused-ring (bicyclic) bond motifs is 1. The molecule has 9 heteroatoms. The third-order valence-corrected chi connectivity index (χ3v) is 5.64. The highest BCUT2D eigenvalue weighted by Gasteiger charge is 2.14. The van der Waals surface area contributed by atoms with Gasteiger partial charge in [-0.1, -0.05) is 18.2 Å². The first kappa shape index (κ1) is 21.6. The Hall–Kier alpha value is -4.27. The smallest absolute Gasteiger partial charge is 0.256 e. The van der Waals surface area contributed by atoms with E-state index in [2.05, 4.69) is 56.0 Å². The van der Waals surface area contributed by atoms with Gasteiger partial charge in [-0.05, 0) is 68.7 Å². The van der Waals surface area contributed by atoms with Crippen molar-refractivity contribution in [2.45, 2.75) is 32.7 Å². The van der Waals surface area contributed by atoms with Crippen LogP contribution in [0.4, 0.5) is 23.1 Å². The molecule has 3 N–H and O–H groups in total. The zero-order valence-electron chi connectivity index (χ0n) is 19.1. The Balaban J connectivity index is 1.31. The number of rotatable bonds is 6. The van der Waals surface area contributed by atoms with Crippen molar-refractivity contribution >= 4 is 29.0 Å². The van der Waals surface area contributed by atoms with E-state index in [0.717, 1.165) is 36.7 Å². The molecular weight excluding hydrogens is 428 g/mol. The second-order valence-corrected chi connectivity index (χ2v) is 8.46. The summed E-state index contributed by atoms with van der Waals surface area (Å²) in [6.45, 7) is 5.04. The summed E-state index contributed by atoms with van der Waals surface area (Å²) in [5, 5.41) is 17.7. The molecule has 0 bridgehead atoms. The number of benzene rings is 1. The van der Waals surface area contributed by atoms with Crippen molar-refractivity contribution in [3.63, 3.8) is 0 Å². The van der Waals surface area contributed by atoms with Crippen LogP contribution in [0.25, 0.3) is 11.5 Å². The first-order valence-electron chi connectivity index (χ1n) is 11.4. The number of nitrogens with zero attached hydrogens (tertiary/aromatic N) is 5. The Morgan fingerprint density at radius 3 is 2.82 bits per heavy atom. The molecular formula is C25H26N8O. The molecule has 1 aliphatic heterocycles. The van der Waals surface area contributed by atoms with Gasteiger partial charge in [-0.3, -0.25) is 4.79 Å². The molecule has 0 fully saturated rings. The van der Waals surface area contributed by atoms with Crippen LogP contribution in [-0.4, -0.2) is 37.2 Å². The monoisotopic (exact) mass is 454 g/mol. The van der Waals surface area contributed by atoms with Gasteiger partial charge in [0, 0.05) is 23.8 Å². The molecule has 4 aromatic rings. The molecule has 34 heavy (non-hydrogen) atoms. The molecule has 0 atom stereocenters. The number of aryl methyl sites for hydroxylation is 1. The largest absolute Gasteiger partial charge is 0.370 e. The molecule has 0 aliphatic carbocycles. The zero-order valence-corrected chi connectivity index (χ0v) is 19.1. The summed E-state index contributed by atoms with van der Waals surface area (Å²) in [7, 11) is 0. The lowest BCUT2D eigenvalue weighted by atomic mass is 10.1. The second-order valence-electron chi connectivity index (χ2n) is 8.46. The topological polar surface area (TPSA) is 110 Å². The van der Waals surface area contributed by atoms with E-state index in [0.29, 0.717) is 22.9 Å². The van der Waals surface area contributed by atoms with Crippen LogP contribution < -0.4 is 16.0 Å². The first-order chi connectivity index (χ1) is 16.6. The van der Waals surface area contributed by atoms with E-state index < -0.39 is 0 Å². The van der Waals surface area contributed by atoms with Crippen LogP contribution in [0, 0.1) is 0 Å². The summed E-state index contributed by atoms with van der Waals surface area (Å²) in [6, 6.07) is 17.0. The molecule has 3 aromatic heterocycles. The molecule has 172 valence electrons. The van der Waals surface area contributed by atoms with E-state index in [1.807, 2.05) is 34.9 Å². The Bertz CT molecular complexity index is 1330. The van der Waals surface area contributed by atoms with E-state index in [-0.39, 0.29) is 11.9 Å². The minimum absolute atomic E-state index is 0.195. The number of aromatic nitrogens is 5. The van der Waals surface area contributed by atoms with E-state index in [1.165, 1.54) is 5.56 Å². The maximum atomic E-state index is 12.9. The van der Waals surface area contributed by atoms with Crippen LogP contribution in [0.3, 0.4) is 0 Å². The highest BCUT2D eigenvalue weighted by Crippen LogP contribution is 2.24.